The van der Waals surface area contributed by atoms with Crippen LogP contribution in [0.2, 0.25) is 5.28 Å². The third-order valence-corrected chi connectivity index (χ3v) is 3.54. The van der Waals surface area contributed by atoms with Gasteiger partial charge in [-0.15, -0.1) is 0 Å². The van der Waals surface area contributed by atoms with Gasteiger partial charge < -0.3 is 5.32 Å². The molecule has 0 aliphatic heterocycles. The summed E-state index contributed by atoms with van der Waals surface area (Å²) in [5.41, 5.74) is 0.479. The lowest BCUT2D eigenvalue weighted by molar-refractivity contribution is -0.137. The Bertz CT molecular complexity index is 829. The normalized spacial score (nSPS) is 13.3. The first-order valence-electron chi connectivity index (χ1n) is 6.65. The van der Waals surface area contributed by atoms with Crippen LogP contribution in [0, 0.1) is 0 Å². The summed E-state index contributed by atoms with van der Waals surface area (Å²) in [5, 5.41) is 10.4. The Hall–Kier alpha value is -2.35. The van der Waals surface area contributed by atoms with Crippen molar-refractivity contribution in [2.45, 2.75) is 19.1 Å². The lowest BCUT2D eigenvalue weighted by atomic mass is 10.1. The van der Waals surface area contributed by atoms with Crippen LogP contribution in [-0.2, 0) is 6.18 Å². The van der Waals surface area contributed by atoms with Gasteiger partial charge in [0.2, 0.25) is 5.28 Å². The smallest absolute Gasteiger partial charge is 0.363 e. The van der Waals surface area contributed by atoms with Gasteiger partial charge in [0.1, 0.15) is 5.82 Å². The van der Waals surface area contributed by atoms with E-state index in [4.69, 9.17) is 11.6 Å². The van der Waals surface area contributed by atoms with Crippen molar-refractivity contribution in [3.05, 3.63) is 46.9 Å². The highest BCUT2D eigenvalue weighted by Gasteiger charge is 2.30. The van der Waals surface area contributed by atoms with Crippen LogP contribution in [0.1, 0.15) is 24.1 Å². The number of fused-ring (bicyclic) bond motifs is 1. The first-order valence-corrected chi connectivity index (χ1v) is 7.02. The number of anilines is 1. The number of nitrogens with one attached hydrogen (secondary N) is 2. The fraction of sp³-hybridized carbons (Fsp3) is 0.214. The number of hydrogen-bond donors (Lipinski definition) is 2. The van der Waals surface area contributed by atoms with E-state index in [1.165, 1.54) is 12.1 Å². The molecule has 0 radical (unpaired) electrons. The number of alkyl halides is 3. The predicted octanol–water partition coefficient (Wildman–Crippen LogP) is 4.20. The van der Waals surface area contributed by atoms with Gasteiger partial charge >= 0.3 is 6.18 Å². The lowest BCUT2D eigenvalue weighted by Crippen LogP contribution is -2.10. The van der Waals surface area contributed by atoms with E-state index in [2.05, 4.69) is 25.5 Å². The molecule has 23 heavy (non-hydrogen) atoms. The van der Waals surface area contributed by atoms with Crippen molar-refractivity contribution in [3.63, 3.8) is 0 Å². The van der Waals surface area contributed by atoms with Crippen molar-refractivity contribution in [1.82, 2.24) is 20.2 Å². The van der Waals surface area contributed by atoms with Crippen LogP contribution in [-0.4, -0.2) is 20.2 Å². The second-order valence-corrected chi connectivity index (χ2v) is 5.30. The molecular weight excluding hydrogens is 331 g/mol. The van der Waals surface area contributed by atoms with Gasteiger partial charge in [0, 0.05) is 6.04 Å². The van der Waals surface area contributed by atoms with Crippen molar-refractivity contribution >= 4 is 28.5 Å². The summed E-state index contributed by atoms with van der Waals surface area (Å²) in [4.78, 5) is 8.09. The maximum absolute atomic E-state index is 12.6. The standard InChI is InChI=1S/C14H11ClF3N5/c1-7(8-2-4-9(5-3-8)14(16,17)18)20-11-10-6-19-23-12(10)22-13(15)21-11/h2-7H,1H3,(H2,19,20,21,22,23)/t7-/m1/s1. The number of H-pyrrole nitrogens is 1. The van der Waals surface area contributed by atoms with Gasteiger partial charge in [0.25, 0.3) is 0 Å². The Kier molecular flexibility index (Phi) is 3.85. The fourth-order valence-electron chi connectivity index (χ4n) is 2.17. The van der Waals surface area contributed by atoms with Crippen LogP contribution in [0.4, 0.5) is 19.0 Å². The van der Waals surface area contributed by atoms with E-state index in [-0.39, 0.29) is 11.3 Å². The van der Waals surface area contributed by atoms with E-state index in [0.717, 1.165) is 12.1 Å². The van der Waals surface area contributed by atoms with Crippen molar-refractivity contribution < 1.29 is 13.2 Å². The summed E-state index contributed by atoms with van der Waals surface area (Å²) in [6.07, 6.45) is -2.80. The maximum Gasteiger partial charge on any atom is 0.416 e. The largest absolute Gasteiger partial charge is 0.416 e. The quantitative estimate of drug-likeness (QED) is 0.701. The molecule has 5 nitrogen and oxygen atoms in total. The highest BCUT2D eigenvalue weighted by atomic mass is 35.5. The molecule has 0 unspecified atom stereocenters. The van der Waals surface area contributed by atoms with Gasteiger partial charge in [0.05, 0.1) is 17.1 Å². The second-order valence-electron chi connectivity index (χ2n) is 4.96. The zero-order valence-electron chi connectivity index (χ0n) is 11.8. The SMILES string of the molecule is C[C@@H](Nc1nc(Cl)nc2[nH]ncc12)c1ccc(C(F)(F)F)cc1. The molecule has 9 heteroatoms. The topological polar surface area (TPSA) is 66.5 Å². The Morgan fingerprint density at radius 3 is 2.52 bits per heavy atom. The van der Waals surface area contributed by atoms with E-state index in [9.17, 15) is 13.2 Å². The lowest BCUT2D eigenvalue weighted by Gasteiger charge is -2.16. The molecule has 1 atom stereocenters. The number of hydrogen-bond acceptors (Lipinski definition) is 4. The highest BCUT2D eigenvalue weighted by molar-refractivity contribution is 6.28. The summed E-state index contributed by atoms with van der Waals surface area (Å²) >= 11 is 5.85. The molecule has 120 valence electrons. The minimum atomic E-state index is -4.35. The minimum Gasteiger partial charge on any atom is -0.363 e. The molecule has 3 aromatic rings. The summed E-state index contributed by atoms with van der Waals surface area (Å²) in [6.45, 7) is 1.81. The van der Waals surface area contributed by atoms with Crippen LogP contribution < -0.4 is 5.32 Å². The zero-order chi connectivity index (χ0) is 16.6. The van der Waals surface area contributed by atoms with Gasteiger partial charge in [-0.05, 0) is 36.2 Å². The average Bonchev–Trinajstić information content (AvgIpc) is 2.94. The molecule has 2 N–H and O–H groups in total. The predicted molar refractivity (Wildman–Crippen MR) is 80.2 cm³/mol. The van der Waals surface area contributed by atoms with Crippen molar-refractivity contribution in [2.75, 3.05) is 5.32 Å². The fourth-order valence-corrected chi connectivity index (χ4v) is 2.34. The summed E-state index contributed by atoms with van der Waals surface area (Å²) < 4.78 is 37.8. The van der Waals surface area contributed by atoms with Gasteiger partial charge in [-0.2, -0.15) is 28.2 Å². The third kappa shape index (κ3) is 3.21. The second kappa shape index (κ2) is 5.69. The number of rotatable bonds is 3. The molecule has 0 aliphatic rings. The van der Waals surface area contributed by atoms with Crippen LogP contribution in [0.25, 0.3) is 11.0 Å². The number of aromatic amines is 1. The number of halogens is 4. The molecule has 0 bridgehead atoms. The third-order valence-electron chi connectivity index (χ3n) is 3.37. The van der Waals surface area contributed by atoms with Crippen LogP contribution in [0.15, 0.2) is 30.5 Å². The minimum absolute atomic E-state index is 0.0452. The van der Waals surface area contributed by atoms with E-state index in [1.807, 2.05) is 6.92 Å². The van der Waals surface area contributed by atoms with Crippen molar-refractivity contribution in [3.8, 4) is 0 Å². The summed E-state index contributed by atoms with van der Waals surface area (Å²) in [6, 6.07) is 4.68. The van der Waals surface area contributed by atoms with Crippen LogP contribution in [0.3, 0.4) is 0 Å². The average molecular weight is 342 g/mol. The Morgan fingerprint density at radius 2 is 1.87 bits per heavy atom. The van der Waals surface area contributed by atoms with E-state index in [1.54, 1.807) is 6.20 Å². The van der Waals surface area contributed by atoms with Gasteiger partial charge in [0.15, 0.2) is 5.65 Å². The van der Waals surface area contributed by atoms with Gasteiger partial charge in [-0.1, -0.05) is 12.1 Å². The molecule has 0 amide bonds. The molecule has 2 heterocycles. The van der Waals surface area contributed by atoms with E-state index in [0.29, 0.717) is 22.4 Å². The molecule has 2 aromatic heterocycles. The first-order chi connectivity index (χ1) is 10.8. The molecule has 3 rings (SSSR count). The number of benzene rings is 1. The number of aromatic nitrogens is 4. The van der Waals surface area contributed by atoms with Crippen molar-refractivity contribution in [1.29, 1.82) is 0 Å². The molecule has 0 fully saturated rings. The first kappa shape index (κ1) is 15.5. The Balaban J connectivity index is 1.86. The monoisotopic (exact) mass is 341 g/mol. The van der Waals surface area contributed by atoms with Gasteiger partial charge in [-0.3, -0.25) is 5.10 Å². The molecule has 0 aliphatic carbocycles. The summed E-state index contributed by atoms with van der Waals surface area (Å²) in [7, 11) is 0. The van der Waals surface area contributed by atoms with E-state index < -0.39 is 11.7 Å². The molecule has 0 saturated carbocycles. The Labute approximate surface area is 133 Å². The molecular formula is C14H11ClF3N5. The van der Waals surface area contributed by atoms with Gasteiger partial charge in [-0.25, -0.2) is 0 Å². The number of nitrogens with zero attached hydrogens (tertiary/aromatic N) is 3. The van der Waals surface area contributed by atoms with Crippen molar-refractivity contribution in [2.24, 2.45) is 0 Å². The Morgan fingerprint density at radius 1 is 1.17 bits per heavy atom. The maximum atomic E-state index is 12.6. The highest BCUT2D eigenvalue weighted by Crippen LogP contribution is 2.31. The van der Waals surface area contributed by atoms with Crippen LogP contribution in [0.5, 0.6) is 0 Å². The van der Waals surface area contributed by atoms with E-state index >= 15 is 0 Å². The molecule has 1 aromatic carbocycles. The molecule has 0 saturated heterocycles. The van der Waals surface area contributed by atoms with Crippen LogP contribution >= 0.6 is 11.6 Å². The zero-order valence-corrected chi connectivity index (χ0v) is 12.6. The molecule has 0 spiro atoms. The summed E-state index contributed by atoms with van der Waals surface area (Å²) in [5.74, 6) is 0.459.